The third-order valence-electron chi connectivity index (χ3n) is 5.96. The molecule has 0 aliphatic carbocycles. The van der Waals surface area contributed by atoms with Crippen molar-refractivity contribution in [1.82, 2.24) is 0 Å². The Morgan fingerprint density at radius 1 is 1.24 bits per heavy atom. The van der Waals surface area contributed by atoms with Crippen LogP contribution in [0.15, 0.2) is 52.2 Å². The lowest BCUT2D eigenvalue weighted by Crippen LogP contribution is -2.23. The van der Waals surface area contributed by atoms with Crippen molar-refractivity contribution < 1.29 is 23.4 Å². The van der Waals surface area contributed by atoms with E-state index in [9.17, 15) is 4.79 Å². The maximum atomic E-state index is 12.4. The third-order valence-corrected chi connectivity index (χ3v) is 7.66. The Labute approximate surface area is 200 Å². The summed E-state index contributed by atoms with van der Waals surface area (Å²) >= 11 is 0. The molecule has 2 bridgehead atoms. The zero-order valence-electron chi connectivity index (χ0n) is 21.4. The number of carbonyl (C=O) groups excluding carboxylic acids is 1. The molecule has 3 atom stereocenters. The number of hydrogen-bond acceptors (Lipinski definition) is 5. The number of methoxy groups -OCH3 is 1. The number of hydrogen-bond donors (Lipinski definition) is 0. The lowest BCUT2D eigenvalue weighted by Gasteiger charge is -2.27. The summed E-state index contributed by atoms with van der Waals surface area (Å²) in [5.41, 5.74) is 6.53. The number of esters is 1. The van der Waals surface area contributed by atoms with Crippen molar-refractivity contribution in [3.8, 4) is 0 Å². The first-order valence-electron chi connectivity index (χ1n) is 11.6. The second-order valence-corrected chi connectivity index (χ2v) is 15.8. The van der Waals surface area contributed by atoms with Gasteiger partial charge in [-0.05, 0) is 57.4 Å². The average molecular weight is 473 g/mol. The monoisotopic (exact) mass is 472 g/mol. The van der Waals surface area contributed by atoms with Gasteiger partial charge in [-0.15, -0.1) is 5.73 Å². The molecule has 5 nitrogen and oxygen atoms in total. The fourth-order valence-corrected chi connectivity index (χ4v) is 4.61. The molecule has 0 amide bonds. The summed E-state index contributed by atoms with van der Waals surface area (Å²) in [6, 6.07) is 3.10. The van der Waals surface area contributed by atoms with Crippen LogP contribution in [0.25, 0.3) is 0 Å². The summed E-state index contributed by atoms with van der Waals surface area (Å²) in [5, 5.41) is 0. The van der Waals surface area contributed by atoms with Crippen LogP contribution in [0.3, 0.4) is 0 Å². The Kier molecular flexibility index (Phi) is 9.74. The zero-order chi connectivity index (χ0) is 24.8. The fourth-order valence-electron chi connectivity index (χ4n) is 3.85. The quantitative estimate of drug-likeness (QED) is 0.0981. The summed E-state index contributed by atoms with van der Waals surface area (Å²) in [7, 11) is 0.211. The Morgan fingerprint density at radius 3 is 2.52 bits per heavy atom. The molecule has 33 heavy (non-hydrogen) atoms. The molecular formula is C27H40O5Si. The van der Waals surface area contributed by atoms with Crippen LogP contribution in [0.5, 0.6) is 0 Å². The Balaban J connectivity index is 2.43. The van der Waals surface area contributed by atoms with Gasteiger partial charge in [-0.3, -0.25) is 0 Å². The van der Waals surface area contributed by atoms with E-state index in [2.05, 4.69) is 38.5 Å². The fraction of sp³-hybridized carbons (Fsp3) is 0.556. The van der Waals surface area contributed by atoms with Crippen LogP contribution in [0.4, 0.5) is 0 Å². The highest BCUT2D eigenvalue weighted by molar-refractivity contribution is 6.76. The molecule has 0 saturated carbocycles. The van der Waals surface area contributed by atoms with E-state index in [-0.39, 0.29) is 30.7 Å². The molecule has 1 aliphatic rings. The molecule has 1 aromatic heterocycles. The summed E-state index contributed by atoms with van der Waals surface area (Å²) in [4.78, 5) is 12.4. The number of rotatable bonds is 9. The first-order valence-corrected chi connectivity index (χ1v) is 15.3. The molecule has 0 fully saturated rings. The topological polar surface area (TPSA) is 57.9 Å². The van der Waals surface area contributed by atoms with Gasteiger partial charge in [0.1, 0.15) is 24.4 Å². The van der Waals surface area contributed by atoms with E-state index in [4.69, 9.17) is 18.6 Å². The minimum Gasteiger partial charge on any atom is -0.465 e. The maximum absolute atomic E-state index is 12.4. The Hall–Kier alpha value is -2.11. The van der Waals surface area contributed by atoms with Crippen molar-refractivity contribution in [3.63, 3.8) is 0 Å². The summed E-state index contributed by atoms with van der Waals surface area (Å²) in [5.74, 6) is 0.877. The van der Waals surface area contributed by atoms with E-state index in [1.807, 2.05) is 32.9 Å². The molecule has 1 aliphatic heterocycles. The first-order chi connectivity index (χ1) is 15.4. The van der Waals surface area contributed by atoms with Crippen LogP contribution in [-0.4, -0.2) is 34.6 Å². The lowest BCUT2D eigenvalue weighted by molar-refractivity contribution is -0.136. The van der Waals surface area contributed by atoms with E-state index in [1.54, 1.807) is 0 Å². The van der Waals surface area contributed by atoms with Gasteiger partial charge in [0.15, 0.2) is 0 Å². The van der Waals surface area contributed by atoms with Crippen molar-refractivity contribution in [2.45, 2.75) is 71.3 Å². The molecule has 1 aromatic rings. The number of aryl methyl sites for hydroxylation is 1. The molecule has 0 radical (unpaired) electrons. The minimum absolute atomic E-state index is 0.0638. The minimum atomic E-state index is -1.18. The average Bonchev–Trinajstić information content (AvgIpc) is 3.07. The molecule has 0 N–H and O–H groups in total. The van der Waals surface area contributed by atoms with Gasteiger partial charge in [-0.25, -0.2) is 4.79 Å². The molecule has 0 saturated heterocycles. The van der Waals surface area contributed by atoms with Gasteiger partial charge in [0, 0.05) is 20.6 Å². The molecule has 182 valence electrons. The normalized spacial score (nSPS) is 21.2. The molecule has 0 aromatic carbocycles. The second kappa shape index (κ2) is 11.8. The predicted molar refractivity (Wildman–Crippen MR) is 135 cm³/mol. The SMILES string of the molecule is C=C(C)[C@@H]1C=C=C(C(=O)OC)CC[C@@H](C(=C)C)[C@@H](OCOCC[Si](C)(C)C)c2oc1cc2C. The van der Waals surface area contributed by atoms with Crippen molar-refractivity contribution in [2.24, 2.45) is 5.92 Å². The van der Waals surface area contributed by atoms with E-state index >= 15 is 0 Å². The van der Waals surface area contributed by atoms with Gasteiger partial charge in [0.25, 0.3) is 0 Å². The number of carbonyl (C=O) groups is 1. The van der Waals surface area contributed by atoms with Gasteiger partial charge in [-0.2, -0.15) is 0 Å². The van der Waals surface area contributed by atoms with Crippen molar-refractivity contribution in [1.29, 1.82) is 0 Å². The molecular weight excluding hydrogens is 432 g/mol. The second-order valence-electron chi connectivity index (χ2n) is 10.2. The van der Waals surface area contributed by atoms with Gasteiger partial charge < -0.3 is 18.6 Å². The van der Waals surface area contributed by atoms with Gasteiger partial charge in [0.05, 0.1) is 18.6 Å². The zero-order valence-corrected chi connectivity index (χ0v) is 22.4. The molecule has 2 heterocycles. The number of fused-ring (bicyclic) bond motifs is 2. The van der Waals surface area contributed by atoms with Crippen molar-refractivity contribution in [3.05, 3.63) is 64.8 Å². The Bertz CT molecular complexity index is 927. The van der Waals surface area contributed by atoms with Gasteiger partial charge in [0.2, 0.25) is 0 Å². The van der Waals surface area contributed by atoms with E-state index < -0.39 is 8.07 Å². The highest BCUT2D eigenvalue weighted by atomic mass is 28.3. The highest BCUT2D eigenvalue weighted by Crippen LogP contribution is 2.40. The van der Waals surface area contributed by atoms with Gasteiger partial charge in [-0.1, -0.05) is 43.9 Å². The first kappa shape index (κ1) is 27.1. The van der Waals surface area contributed by atoms with Crippen LogP contribution in [0, 0.1) is 12.8 Å². The third kappa shape index (κ3) is 7.72. The van der Waals surface area contributed by atoms with Crippen molar-refractivity contribution in [2.75, 3.05) is 20.5 Å². The molecule has 0 spiro atoms. The Morgan fingerprint density at radius 2 is 1.94 bits per heavy atom. The van der Waals surface area contributed by atoms with Crippen molar-refractivity contribution >= 4 is 14.0 Å². The number of allylic oxidation sites excluding steroid dienone is 1. The van der Waals surface area contributed by atoms with Crippen LogP contribution >= 0.6 is 0 Å². The number of furan rings is 1. The highest BCUT2D eigenvalue weighted by Gasteiger charge is 2.32. The standard InChI is InChI=1S/C27H40O5Si/c1-18(2)22-12-10-21(27(28)29-6)11-13-23(19(3)4)26(25-20(5)16-24(22)32-25)31-17-30-14-15-33(7,8)9/h12,16,22-23,26H,1,3,11,13-15,17H2,2,4-9H3/t10?,22-,23-,26+/m0/s1. The molecule has 2 rings (SSSR count). The molecule has 0 unspecified atom stereocenters. The van der Waals surface area contributed by atoms with E-state index in [0.717, 1.165) is 34.3 Å². The van der Waals surface area contributed by atoms with E-state index in [1.165, 1.54) is 7.11 Å². The number of ether oxygens (including phenoxy) is 3. The molecule has 6 heteroatoms. The van der Waals surface area contributed by atoms with Crippen LogP contribution in [0.2, 0.25) is 25.7 Å². The maximum Gasteiger partial charge on any atom is 0.341 e. The van der Waals surface area contributed by atoms with E-state index in [0.29, 0.717) is 25.0 Å². The van der Waals surface area contributed by atoms with Crippen LogP contribution in [-0.2, 0) is 19.0 Å². The summed E-state index contributed by atoms with van der Waals surface area (Å²) in [6.07, 6.45) is 2.61. The predicted octanol–water partition coefficient (Wildman–Crippen LogP) is 6.86. The summed E-state index contributed by atoms with van der Waals surface area (Å²) < 4.78 is 23.5. The van der Waals surface area contributed by atoms with Crippen LogP contribution < -0.4 is 0 Å². The largest absolute Gasteiger partial charge is 0.465 e. The lowest BCUT2D eigenvalue weighted by atomic mass is 9.86. The smallest absolute Gasteiger partial charge is 0.341 e. The van der Waals surface area contributed by atoms with Gasteiger partial charge >= 0.3 is 5.97 Å². The summed E-state index contributed by atoms with van der Waals surface area (Å²) in [6.45, 7) is 22.1. The van der Waals surface area contributed by atoms with Crippen LogP contribution in [0.1, 0.15) is 55.8 Å².